The lowest BCUT2D eigenvalue weighted by Gasteiger charge is -2.27. The minimum atomic E-state index is 0.0551. The third kappa shape index (κ3) is 2.32. The van der Waals surface area contributed by atoms with Gasteiger partial charge in [-0.25, -0.2) is 9.97 Å². The second-order valence-corrected chi connectivity index (χ2v) is 5.35. The summed E-state index contributed by atoms with van der Waals surface area (Å²) in [6.07, 6.45) is 1.88. The van der Waals surface area contributed by atoms with Crippen LogP contribution in [0.1, 0.15) is 32.0 Å². The first-order valence-electron chi connectivity index (χ1n) is 5.65. The molecule has 1 saturated heterocycles. The predicted octanol–water partition coefficient (Wildman–Crippen LogP) is 1.89. The lowest BCUT2D eigenvalue weighted by molar-refractivity contribution is 0.0207. The van der Waals surface area contributed by atoms with Crippen molar-refractivity contribution < 1.29 is 4.74 Å². The van der Waals surface area contributed by atoms with E-state index < -0.39 is 0 Å². The van der Waals surface area contributed by atoms with Gasteiger partial charge in [-0.15, -0.1) is 0 Å². The predicted molar refractivity (Wildman–Crippen MR) is 63.7 cm³/mol. The molecule has 2 rings (SSSR count). The summed E-state index contributed by atoms with van der Waals surface area (Å²) in [4.78, 5) is 8.88. The van der Waals surface area contributed by atoms with Crippen LogP contribution < -0.4 is 5.32 Å². The normalized spacial score (nSPS) is 17.0. The molecule has 0 spiro atoms. The van der Waals surface area contributed by atoms with Crippen LogP contribution in [0.2, 0.25) is 0 Å². The molecule has 1 N–H and O–H groups in total. The van der Waals surface area contributed by atoms with Gasteiger partial charge in [-0.1, -0.05) is 20.8 Å². The Hall–Kier alpha value is -1.16. The fourth-order valence-electron chi connectivity index (χ4n) is 1.77. The number of hydrogen-bond donors (Lipinski definition) is 1. The van der Waals surface area contributed by atoms with Gasteiger partial charge in [-0.05, 0) is 12.5 Å². The van der Waals surface area contributed by atoms with E-state index in [-0.39, 0.29) is 5.41 Å². The second kappa shape index (κ2) is 4.01. The van der Waals surface area contributed by atoms with Crippen LogP contribution in [0.4, 0.5) is 5.95 Å². The maximum atomic E-state index is 5.11. The van der Waals surface area contributed by atoms with Crippen LogP contribution in [0, 0.1) is 6.92 Å². The number of aryl methyl sites for hydroxylation is 1. The minimum absolute atomic E-state index is 0.0551. The molecule has 1 aromatic heterocycles. The van der Waals surface area contributed by atoms with Crippen molar-refractivity contribution in [1.82, 2.24) is 9.97 Å². The van der Waals surface area contributed by atoms with Gasteiger partial charge < -0.3 is 10.1 Å². The summed E-state index contributed by atoms with van der Waals surface area (Å²) in [7, 11) is 0. The number of ether oxygens (including phenoxy) is 1. The van der Waals surface area contributed by atoms with Crippen molar-refractivity contribution in [2.24, 2.45) is 0 Å². The van der Waals surface area contributed by atoms with E-state index in [9.17, 15) is 0 Å². The number of rotatable bonds is 2. The molecule has 0 unspecified atom stereocenters. The van der Waals surface area contributed by atoms with E-state index in [1.54, 1.807) is 0 Å². The van der Waals surface area contributed by atoms with Crippen LogP contribution >= 0.6 is 0 Å². The van der Waals surface area contributed by atoms with Gasteiger partial charge in [-0.3, -0.25) is 0 Å². The highest BCUT2D eigenvalue weighted by Crippen LogP contribution is 2.24. The van der Waals surface area contributed by atoms with E-state index in [0.29, 0.717) is 12.0 Å². The van der Waals surface area contributed by atoms with Gasteiger partial charge in [0.1, 0.15) is 0 Å². The molecule has 0 atom stereocenters. The molecule has 0 bridgehead atoms. The first kappa shape index (κ1) is 11.3. The maximum absolute atomic E-state index is 5.11. The molecule has 4 nitrogen and oxygen atoms in total. The first-order valence-corrected chi connectivity index (χ1v) is 5.65. The van der Waals surface area contributed by atoms with Crippen molar-refractivity contribution in [3.63, 3.8) is 0 Å². The highest BCUT2D eigenvalue weighted by atomic mass is 16.5. The molecule has 88 valence electrons. The smallest absolute Gasteiger partial charge is 0.223 e. The summed E-state index contributed by atoms with van der Waals surface area (Å²) in [6.45, 7) is 10.1. The van der Waals surface area contributed by atoms with E-state index in [1.807, 2.05) is 6.20 Å². The van der Waals surface area contributed by atoms with Crippen LogP contribution in [-0.4, -0.2) is 29.2 Å². The molecule has 1 aliphatic rings. The van der Waals surface area contributed by atoms with Crippen LogP contribution in [0.5, 0.6) is 0 Å². The minimum Gasteiger partial charge on any atom is -0.377 e. The average molecular weight is 221 g/mol. The molecule has 1 fully saturated rings. The van der Waals surface area contributed by atoms with Gasteiger partial charge in [-0.2, -0.15) is 0 Å². The molecule has 1 aliphatic heterocycles. The molecule has 0 radical (unpaired) electrons. The summed E-state index contributed by atoms with van der Waals surface area (Å²) in [5.41, 5.74) is 2.30. The molecule has 2 heterocycles. The number of nitrogens with zero attached hydrogens (tertiary/aromatic N) is 2. The zero-order chi connectivity index (χ0) is 11.8. The van der Waals surface area contributed by atoms with E-state index in [4.69, 9.17) is 4.74 Å². The number of nitrogens with one attached hydrogen (secondary N) is 1. The lowest BCUT2D eigenvalue weighted by Crippen LogP contribution is -2.40. The van der Waals surface area contributed by atoms with Gasteiger partial charge in [0.25, 0.3) is 0 Å². The highest BCUT2D eigenvalue weighted by molar-refractivity contribution is 5.33. The number of hydrogen-bond acceptors (Lipinski definition) is 4. The molecule has 0 aliphatic carbocycles. The van der Waals surface area contributed by atoms with Gasteiger partial charge >= 0.3 is 0 Å². The van der Waals surface area contributed by atoms with Crippen LogP contribution in [-0.2, 0) is 10.2 Å². The highest BCUT2D eigenvalue weighted by Gasteiger charge is 2.22. The lowest BCUT2D eigenvalue weighted by atomic mass is 9.89. The van der Waals surface area contributed by atoms with Crippen molar-refractivity contribution >= 4 is 5.95 Å². The molecule has 0 saturated carbocycles. The van der Waals surface area contributed by atoms with E-state index in [2.05, 4.69) is 43.0 Å². The quantitative estimate of drug-likeness (QED) is 0.828. The SMILES string of the molecule is Cc1cnc(NC2COC2)nc1C(C)(C)C. The summed E-state index contributed by atoms with van der Waals surface area (Å²) < 4.78 is 5.11. The Morgan fingerprint density at radius 1 is 1.38 bits per heavy atom. The summed E-state index contributed by atoms with van der Waals surface area (Å²) in [5.74, 6) is 0.712. The van der Waals surface area contributed by atoms with Crippen molar-refractivity contribution in [3.05, 3.63) is 17.5 Å². The van der Waals surface area contributed by atoms with Gasteiger partial charge in [0, 0.05) is 11.6 Å². The Kier molecular flexibility index (Phi) is 2.84. The van der Waals surface area contributed by atoms with Crippen LogP contribution in [0.25, 0.3) is 0 Å². The average Bonchev–Trinajstić information content (AvgIpc) is 2.12. The summed E-state index contributed by atoms with van der Waals surface area (Å²) >= 11 is 0. The monoisotopic (exact) mass is 221 g/mol. The molecule has 4 heteroatoms. The maximum Gasteiger partial charge on any atom is 0.223 e. The number of aromatic nitrogens is 2. The van der Waals surface area contributed by atoms with E-state index in [1.165, 1.54) is 0 Å². The molecule has 16 heavy (non-hydrogen) atoms. The molecular weight excluding hydrogens is 202 g/mol. The Labute approximate surface area is 96.4 Å². The fraction of sp³-hybridized carbons (Fsp3) is 0.667. The third-order valence-corrected chi connectivity index (χ3v) is 2.65. The van der Waals surface area contributed by atoms with Crippen molar-refractivity contribution in [3.8, 4) is 0 Å². The standard InChI is InChI=1S/C12H19N3O/c1-8-5-13-11(14-9-6-16-7-9)15-10(8)12(2,3)4/h5,9H,6-7H2,1-4H3,(H,13,14,15). The van der Waals surface area contributed by atoms with E-state index >= 15 is 0 Å². The fourth-order valence-corrected chi connectivity index (χ4v) is 1.77. The Balaban J connectivity index is 2.20. The molecular formula is C12H19N3O. The van der Waals surface area contributed by atoms with Gasteiger partial charge in [0.05, 0.1) is 24.9 Å². The zero-order valence-electron chi connectivity index (χ0n) is 10.4. The molecule has 0 aromatic carbocycles. The third-order valence-electron chi connectivity index (χ3n) is 2.65. The first-order chi connectivity index (χ1) is 7.47. The molecule has 1 aromatic rings. The van der Waals surface area contributed by atoms with Crippen molar-refractivity contribution in [1.29, 1.82) is 0 Å². The van der Waals surface area contributed by atoms with Crippen LogP contribution in [0.15, 0.2) is 6.20 Å². The zero-order valence-corrected chi connectivity index (χ0v) is 10.4. The van der Waals surface area contributed by atoms with Gasteiger partial charge in [0.15, 0.2) is 0 Å². The summed E-state index contributed by atoms with van der Waals surface area (Å²) in [6, 6.07) is 0.371. The van der Waals surface area contributed by atoms with Crippen LogP contribution in [0.3, 0.4) is 0 Å². The van der Waals surface area contributed by atoms with E-state index in [0.717, 1.165) is 24.5 Å². The Morgan fingerprint density at radius 3 is 2.56 bits per heavy atom. The molecule has 0 amide bonds. The second-order valence-electron chi connectivity index (χ2n) is 5.35. The number of anilines is 1. The Bertz CT molecular complexity index is 380. The topological polar surface area (TPSA) is 47.0 Å². The largest absolute Gasteiger partial charge is 0.377 e. The van der Waals surface area contributed by atoms with Crippen molar-refractivity contribution in [2.45, 2.75) is 39.2 Å². The Morgan fingerprint density at radius 2 is 2.06 bits per heavy atom. The summed E-state index contributed by atoms with van der Waals surface area (Å²) in [5, 5.41) is 3.27. The van der Waals surface area contributed by atoms with Gasteiger partial charge in [0.2, 0.25) is 5.95 Å². The van der Waals surface area contributed by atoms with Crippen molar-refractivity contribution in [2.75, 3.05) is 18.5 Å².